The fraction of sp³-hybridized carbons (Fsp3) is 0.304. The van der Waals surface area contributed by atoms with E-state index in [4.69, 9.17) is 0 Å². The number of thiophene rings is 1. The van der Waals surface area contributed by atoms with Gasteiger partial charge in [-0.1, -0.05) is 94.8 Å². The van der Waals surface area contributed by atoms with Crippen molar-refractivity contribution in [3.63, 3.8) is 0 Å². The van der Waals surface area contributed by atoms with Crippen LogP contribution in [0.15, 0.2) is 66.8 Å². The third-order valence-electron chi connectivity index (χ3n) is 2.66. The molecule has 0 bridgehead atoms. The lowest BCUT2D eigenvalue weighted by atomic mass is 10.2. The lowest BCUT2D eigenvalue weighted by Crippen LogP contribution is -1.67. The number of allylic oxidation sites excluding steroid dienone is 4. The molecule has 24 heavy (non-hydrogen) atoms. The Morgan fingerprint density at radius 3 is 1.88 bits per heavy atom. The van der Waals surface area contributed by atoms with Crippen molar-refractivity contribution < 1.29 is 0 Å². The molecule has 130 valence electrons. The van der Waals surface area contributed by atoms with Gasteiger partial charge in [-0.05, 0) is 37.1 Å². The maximum atomic E-state index is 2.16. The molecule has 1 aliphatic carbocycles. The highest BCUT2D eigenvalue weighted by Crippen LogP contribution is 2.17. The normalized spacial score (nSPS) is 11.0. The zero-order valence-corrected chi connectivity index (χ0v) is 16.6. The van der Waals surface area contributed by atoms with E-state index in [2.05, 4.69) is 93.6 Å². The first-order chi connectivity index (χ1) is 11.8. The summed E-state index contributed by atoms with van der Waals surface area (Å²) < 4.78 is 0. The van der Waals surface area contributed by atoms with Crippen LogP contribution < -0.4 is 0 Å². The summed E-state index contributed by atoms with van der Waals surface area (Å²) in [5.74, 6) is 0. The molecular weight excluding hydrogens is 308 g/mol. The maximum absolute atomic E-state index is 2.16. The Labute approximate surface area is 153 Å². The first-order valence-corrected chi connectivity index (χ1v) is 9.69. The molecule has 1 heteroatoms. The minimum Gasteiger partial charge on any atom is -0.141 e. The molecule has 3 rings (SSSR count). The fourth-order valence-electron chi connectivity index (χ4n) is 1.68. The summed E-state index contributed by atoms with van der Waals surface area (Å²) in [7, 11) is 0. The molecule has 0 fully saturated rings. The fourth-order valence-corrected chi connectivity index (χ4v) is 2.46. The van der Waals surface area contributed by atoms with Gasteiger partial charge >= 0.3 is 0 Å². The molecule has 0 spiro atoms. The highest BCUT2D eigenvalue weighted by Gasteiger charge is 1.90. The monoisotopic (exact) mass is 340 g/mol. The van der Waals surface area contributed by atoms with Crippen LogP contribution in [0.5, 0.6) is 0 Å². The first kappa shape index (κ1) is 22.1. The van der Waals surface area contributed by atoms with Crippen molar-refractivity contribution >= 4 is 23.5 Å². The van der Waals surface area contributed by atoms with Gasteiger partial charge in [-0.2, -0.15) is 0 Å². The van der Waals surface area contributed by atoms with Crippen LogP contribution in [-0.4, -0.2) is 0 Å². The van der Waals surface area contributed by atoms with Crippen molar-refractivity contribution in [2.75, 3.05) is 0 Å². The lowest BCUT2D eigenvalue weighted by Gasteiger charge is -1.89. The topological polar surface area (TPSA) is 0 Å². The SMILES string of the molecule is C1=CCC=C1.CC.CCC.Cc1ccc(/C=C/c2ccccc2)s1. The van der Waals surface area contributed by atoms with E-state index in [9.17, 15) is 0 Å². The number of hydrogen-bond acceptors (Lipinski definition) is 1. The Morgan fingerprint density at radius 1 is 0.875 bits per heavy atom. The molecule has 0 radical (unpaired) electrons. The molecule has 0 saturated carbocycles. The van der Waals surface area contributed by atoms with Crippen molar-refractivity contribution in [1.29, 1.82) is 0 Å². The van der Waals surface area contributed by atoms with Crippen LogP contribution in [0.25, 0.3) is 12.2 Å². The second-order valence-corrected chi connectivity index (χ2v) is 6.31. The predicted octanol–water partition coefficient (Wildman–Crippen LogP) is 8.17. The molecule has 1 aliphatic rings. The van der Waals surface area contributed by atoms with Crippen LogP contribution in [0, 0.1) is 6.92 Å². The third kappa shape index (κ3) is 11.7. The molecule has 0 unspecified atom stereocenters. The first-order valence-electron chi connectivity index (χ1n) is 8.87. The Kier molecular flexibility index (Phi) is 14.8. The summed E-state index contributed by atoms with van der Waals surface area (Å²) >= 11 is 1.82. The number of aryl methyl sites for hydroxylation is 1. The molecule has 0 aliphatic heterocycles. The quantitative estimate of drug-likeness (QED) is 0.517. The van der Waals surface area contributed by atoms with Gasteiger partial charge in [0.2, 0.25) is 0 Å². The van der Waals surface area contributed by atoms with E-state index in [1.165, 1.54) is 21.7 Å². The molecule has 2 aromatic rings. The molecule has 0 saturated heterocycles. The van der Waals surface area contributed by atoms with Gasteiger partial charge in [-0.15, -0.1) is 11.3 Å². The smallest absolute Gasteiger partial charge is 0.0273 e. The van der Waals surface area contributed by atoms with Crippen molar-refractivity contribution in [3.8, 4) is 0 Å². The van der Waals surface area contributed by atoms with Crippen LogP contribution in [0.3, 0.4) is 0 Å². The maximum Gasteiger partial charge on any atom is 0.0273 e. The Balaban J connectivity index is 0.000000438. The van der Waals surface area contributed by atoms with Gasteiger partial charge in [0.25, 0.3) is 0 Å². The van der Waals surface area contributed by atoms with Crippen molar-refractivity contribution in [1.82, 2.24) is 0 Å². The molecule has 0 nitrogen and oxygen atoms in total. The summed E-state index contributed by atoms with van der Waals surface area (Å²) in [5.41, 5.74) is 1.25. The van der Waals surface area contributed by atoms with Crippen LogP contribution in [0.1, 0.15) is 55.9 Å². The largest absolute Gasteiger partial charge is 0.141 e. The minimum atomic E-state index is 1.14. The van der Waals surface area contributed by atoms with E-state index in [1.807, 2.05) is 31.3 Å². The van der Waals surface area contributed by atoms with Crippen molar-refractivity contribution in [2.24, 2.45) is 0 Å². The predicted molar refractivity (Wildman–Crippen MR) is 115 cm³/mol. The second-order valence-electron chi connectivity index (χ2n) is 4.99. The Morgan fingerprint density at radius 2 is 1.46 bits per heavy atom. The van der Waals surface area contributed by atoms with Gasteiger partial charge in [0.05, 0.1) is 0 Å². The second kappa shape index (κ2) is 16.0. The molecule has 1 aromatic carbocycles. The minimum absolute atomic E-state index is 1.14. The van der Waals surface area contributed by atoms with Gasteiger partial charge in [0.1, 0.15) is 0 Å². The van der Waals surface area contributed by atoms with Gasteiger partial charge in [0, 0.05) is 9.75 Å². The average Bonchev–Trinajstić information content (AvgIpc) is 3.31. The van der Waals surface area contributed by atoms with Crippen LogP contribution >= 0.6 is 11.3 Å². The molecular formula is C23H32S. The molecule has 0 atom stereocenters. The van der Waals surface area contributed by atoms with E-state index in [0.29, 0.717) is 0 Å². The molecule has 1 heterocycles. The van der Waals surface area contributed by atoms with Crippen molar-refractivity contribution in [2.45, 2.75) is 47.5 Å². The zero-order valence-electron chi connectivity index (χ0n) is 15.8. The Hall–Kier alpha value is -1.86. The molecule has 0 N–H and O–H groups in total. The standard InChI is InChI=1S/C13H12S.C5H6.C3H8.C2H6/c1-11-7-9-13(14-11)10-8-12-5-3-2-4-6-12;1-2-4-5-3-1;1-3-2;1-2/h2-10H,1H3;1-4H,5H2;3H2,1-2H3;1-2H3/b10-8+;;;. The average molecular weight is 341 g/mol. The number of rotatable bonds is 2. The van der Waals surface area contributed by atoms with Crippen LogP contribution in [0.4, 0.5) is 0 Å². The summed E-state index contributed by atoms with van der Waals surface area (Å²) in [5, 5.41) is 0. The van der Waals surface area contributed by atoms with Gasteiger partial charge in [0.15, 0.2) is 0 Å². The van der Waals surface area contributed by atoms with Gasteiger partial charge in [-0.3, -0.25) is 0 Å². The number of benzene rings is 1. The van der Waals surface area contributed by atoms with E-state index >= 15 is 0 Å². The molecule has 1 aromatic heterocycles. The van der Waals surface area contributed by atoms with E-state index in [-0.39, 0.29) is 0 Å². The van der Waals surface area contributed by atoms with Crippen LogP contribution in [-0.2, 0) is 0 Å². The number of hydrogen-bond donors (Lipinski definition) is 0. The summed E-state index contributed by atoms with van der Waals surface area (Å²) in [6, 6.07) is 14.7. The van der Waals surface area contributed by atoms with E-state index < -0.39 is 0 Å². The zero-order chi connectivity index (χ0) is 18.0. The Bertz CT molecular complexity index is 576. The molecule has 0 amide bonds. The van der Waals surface area contributed by atoms with Crippen LogP contribution in [0.2, 0.25) is 0 Å². The highest BCUT2D eigenvalue weighted by atomic mass is 32.1. The van der Waals surface area contributed by atoms with Crippen molar-refractivity contribution in [3.05, 3.63) is 82.1 Å². The summed E-state index contributed by atoms with van der Waals surface area (Å²) in [6.45, 7) is 10.4. The van der Waals surface area contributed by atoms with Gasteiger partial charge < -0.3 is 0 Å². The highest BCUT2D eigenvalue weighted by molar-refractivity contribution is 7.12. The summed E-state index contributed by atoms with van der Waals surface area (Å²) in [4.78, 5) is 2.67. The van der Waals surface area contributed by atoms with E-state index in [1.54, 1.807) is 0 Å². The lowest BCUT2D eigenvalue weighted by molar-refractivity contribution is 1.09. The van der Waals surface area contributed by atoms with E-state index in [0.717, 1.165) is 6.42 Å². The van der Waals surface area contributed by atoms with Gasteiger partial charge in [-0.25, -0.2) is 0 Å². The third-order valence-corrected chi connectivity index (χ3v) is 3.62. The summed E-state index contributed by atoms with van der Waals surface area (Å²) in [6.07, 6.45) is 15.1.